The van der Waals surface area contributed by atoms with Gasteiger partial charge < -0.3 is 10.5 Å². The molecule has 1 aliphatic rings. The molecule has 1 aromatic rings. The highest BCUT2D eigenvalue weighted by molar-refractivity contribution is 5.23. The van der Waals surface area contributed by atoms with Crippen molar-refractivity contribution in [1.82, 2.24) is 4.98 Å². The van der Waals surface area contributed by atoms with Crippen molar-refractivity contribution in [3.05, 3.63) is 23.9 Å². The zero-order valence-electron chi connectivity index (χ0n) is 10.6. The van der Waals surface area contributed by atoms with Gasteiger partial charge in [0.2, 0.25) is 5.88 Å². The Balaban J connectivity index is 1.99. The fraction of sp³-hybridized carbons (Fsp3) is 0.643. The third-order valence-corrected chi connectivity index (χ3v) is 3.37. The van der Waals surface area contributed by atoms with Crippen LogP contribution in [0.2, 0.25) is 0 Å². The van der Waals surface area contributed by atoms with Gasteiger partial charge in [-0.3, -0.25) is 0 Å². The molecular formula is C14H22N2O. The van der Waals surface area contributed by atoms with Gasteiger partial charge in [0.25, 0.3) is 0 Å². The first-order chi connectivity index (χ1) is 8.25. The van der Waals surface area contributed by atoms with Gasteiger partial charge in [-0.1, -0.05) is 12.8 Å². The molecule has 0 spiro atoms. The maximum absolute atomic E-state index is 5.96. The van der Waals surface area contributed by atoms with Crippen LogP contribution in [0, 0.1) is 0 Å². The highest BCUT2D eigenvalue weighted by atomic mass is 16.5. The van der Waals surface area contributed by atoms with Crippen molar-refractivity contribution < 1.29 is 4.74 Å². The molecule has 94 valence electrons. The first-order valence-corrected chi connectivity index (χ1v) is 6.64. The van der Waals surface area contributed by atoms with Crippen LogP contribution in [0.4, 0.5) is 0 Å². The van der Waals surface area contributed by atoms with Gasteiger partial charge in [0.05, 0.1) is 0 Å². The molecule has 17 heavy (non-hydrogen) atoms. The van der Waals surface area contributed by atoms with E-state index in [2.05, 4.69) is 4.98 Å². The van der Waals surface area contributed by atoms with Crippen molar-refractivity contribution in [2.75, 3.05) is 0 Å². The van der Waals surface area contributed by atoms with Gasteiger partial charge in [0.15, 0.2) is 0 Å². The molecule has 0 aliphatic heterocycles. The first-order valence-electron chi connectivity index (χ1n) is 6.64. The van der Waals surface area contributed by atoms with E-state index in [1.54, 1.807) is 6.20 Å². The second-order valence-electron chi connectivity index (χ2n) is 4.95. The minimum absolute atomic E-state index is 0.0366. The van der Waals surface area contributed by atoms with Crippen LogP contribution in [-0.2, 0) is 0 Å². The van der Waals surface area contributed by atoms with Crippen LogP contribution >= 0.6 is 0 Å². The topological polar surface area (TPSA) is 48.1 Å². The summed E-state index contributed by atoms with van der Waals surface area (Å²) >= 11 is 0. The normalized spacial score (nSPS) is 19.6. The number of pyridine rings is 1. The summed E-state index contributed by atoms with van der Waals surface area (Å²) in [5.41, 5.74) is 6.94. The van der Waals surface area contributed by atoms with E-state index in [4.69, 9.17) is 10.5 Å². The van der Waals surface area contributed by atoms with Crippen LogP contribution in [0.5, 0.6) is 5.88 Å². The van der Waals surface area contributed by atoms with Gasteiger partial charge in [-0.2, -0.15) is 0 Å². The van der Waals surface area contributed by atoms with E-state index in [0.29, 0.717) is 6.10 Å². The Morgan fingerprint density at radius 3 is 2.65 bits per heavy atom. The predicted molar refractivity (Wildman–Crippen MR) is 69.0 cm³/mol. The van der Waals surface area contributed by atoms with Gasteiger partial charge in [-0.05, 0) is 44.2 Å². The minimum atomic E-state index is 0.0366. The van der Waals surface area contributed by atoms with Gasteiger partial charge in [0, 0.05) is 18.3 Å². The second kappa shape index (κ2) is 6.01. The van der Waals surface area contributed by atoms with Crippen LogP contribution in [0.1, 0.15) is 57.1 Å². The number of nitrogens with two attached hydrogens (primary N) is 1. The Kier molecular flexibility index (Phi) is 4.37. The average molecular weight is 234 g/mol. The Hall–Kier alpha value is -1.09. The van der Waals surface area contributed by atoms with E-state index in [1.165, 1.54) is 25.7 Å². The minimum Gasteiger partial charge on any atom is -0.474 e. The molecule has 0 saturated heterocycles. The summed E-state index contributed by atoms with van der Waals surface area (Å²) in [6.45, 7) is 1.98. The molecule has 1 aromatic heterocycles. The van der Waals surface area contributed by atoms with Crippen molar-refractivity contribution >= 4 is 0 Å². The van der Waals surface area contributed by atoms with E-state index in [-0.39, 0.29) is 6.04 Å². The Labute approximate surface area is 103 Å². The molecular weight excluding hydrogens is 212 g/mol. The van der Waals surface area contributed by atoms with Crippen molar-refractivity contribution in [1.29, 1.82) is 0 Å². The van der Waals surface area contributed by atoms with Crippen molar-refractivity contribution in [2.45, 2.75) is 57.6 Å². The zero-order valence-corrected chi connectivity index (χ0v) is 10.6. The van der Waals surface area contributed by atoms with Gasteiger partial charge in [-0.25, -0.2) is 4.98 Å². The summed E-state index contributed by atoms with van der Waals surface area (Å²) in [4.78, 5) is 4.27. The highest BCUT2D eigenvalue weighted by Gasteiger charge is 2.14. The van der Waals surface area contributed by atoms with Crippen molar-refractivity contribution in [3.63, 3.8) is 0 Å². The molecule has 3 nitrogen and oxygen atoms in total. The van der Waals surface area contributed by atoms with Gasteiger partial charge in [0.1, 0.15) is 6.10 Å². The monoisotopic (exact) mass is 234 g/mol. The summed E-state index contributed by atoms with van der Waals surface area (Å²) < 4.78 is 5.96. The smallest absolute Gasteiger partial charge is 0.213 e. The quantitative estimate of drug-likeness (QED) is 0.817. The largest absolute Gasteiger partial charge is 0.474 e. The maximum Gasteiger partial charge on any atom is 0.213 e. The number of nitrogens with zero attached hydrogens (tertiary/aromatic N) is 1. The molecule has 0 radical (unpaired) electrons. The molecule has 2 N–H and O–H groups in total. The van der Waals surface area contributed by atoms with Crippen LogP contribution in [0.3, 0.4) is 0 Å². The fourth-order valence-electron chi connectivity index (χ4n) is 2.30. The third kappa shape index (κ3) is 3.70. The van der Waals surface area contributed by atoms with Crippen molar-refractivity contribution in [2.24, 2.45) is 5.73 Å². The molecule has 0 aromatic carbocycles. The number of hydrogen-bond acceptors (Lipinski definition) is 3. The summed E-state index contributed by atoms with van der Waals surface area (Å²) in [5, 5.41) is 0. The average Bonchev–Trinajstić information content (AvgIpc) is 2.58. The standard InChI is InChI=1S/C14H22N2O/c1-11(15)12-8-9-16-14(10-12)17-13-6-4-2-3-5-7-13/h8-11,13H,2-7,15H2,1H3/t11-/m0/s1. The summed E-state index contributed by atoms with van der Waals surface area (Å²) in [6.07, 6.45) is 9.67. The van der Waals surface area contributed by atoms with Crippen LogP contribution in [-0.4, -0.2) is 11.1 Å². The highest BCUT2D eigenvalue weighted by Crippen LogP contribution is 2.22. The van der Waals surface area contributed by atoms with E-state index in [9.17, 15) is 0 Å². The first kappa shape index (κ1) is 12.4. The number of aromatic nitrogens is 1. The predicted octanol–water partition coefficient (Wildman–Crippen LogP) is 3.20. The lowest BCUT2D eigenvalue weighted by atomic mass is 10.1. The zero-order chi connectivity index (χ0) is 12.1. The van der Waals surface area contributed by atoms with Crippen LogP contribution < -0.4 is 10.5 Å². The molecule has 1 heterocycles. The number of hydrogen-bond donors (Lipinski definition) is 1. The SMILES string of the molecule is C[C@H](N)c1ccnc(OC2CCCCCC2)c1. The number of ether oxygens (including phenoxy) is 1. The maximum atomic E-state index is 5.96. The molecule has 1 saturated carbocycles. The van der Waals surface area contributed by atoms with Crippen LogP contribution in [0.25, 0.3) is 0 Å². The molecule has 3 heteroatoms. The Bertz CT molecular complexity index is 344. The Morgan fingerprint density at radius 2 is 2.00 bits per heavy atom. The van der Waals surface area contributed by atoms with E-state index in [1.807, 2.05) is 19.1 Å². The van der Waals surface area contributed by atoms with E-state index >= 15 is 0 Å². The lowest BCUT2D eigenvalue weighted by Crippen LogP contribution is -2.16. The third-order valence-electron chi connectivity index (χ3n) is 3.37. The summed E-state index contributed by atoms with van der Waals surface area (Å²) in [7, 11) is 0. The fourth-order valence-corrected chi connectivity index (χ4v) is 2.30. The summed E-state index contributed by atoms with van der Waals surface area (Å²) in [6, 6.07) is 3.95. The lowest BCUT2D eigenvalue weighted by Gasteiger charge is -2.17. The molecule has 1 atom stereocenters. The van der Waals surface area contributed by atoms with E-state index in [0.717, 1.165) is 24.3 Å². The molecule has 1 fully saturated rings. The van der Waals surface area contributed by atoms with Crippen molar-refractivity contribution in [3.8, 4) is 5.88 Å². The number of rotatable bonds is 3. The molecule has 0 amide bonds. The lowest BCUT2D eigenvalue weighted by molar-refractivity contribution is 0.176. The van der Waals surface area contributed by atoms with Gasteiger partial charge in [-0.15, -0.1) is 0 Å². The molecule has 1 aliphatic carbocycles. The summed E-state index contributed by atoms with van der Waals surface area (Å²) in [5.74, 6) is 0.728. The molecule has 0 unspecified atom stereocenters. The van der Waals surface area contributed by atoms with E-state index < -0.39 is 0 Å². The molecule has 0 bridgehead atoms. The second-order valence-corrected chi connectivity index (χ2v) is 4.95. The Morgan fingerprint density at radius 1 is 1.29 bits per heavy atom. The van der Waals surface area contributed by atoms with Crippen LogP contribution in [0.15, 0.2) is 18.3 Å². The van der Waals surface area contributed by atoms with Gasteiger partial charge >= 0.3 is 0 Å². The molecule has 2 rings (SSSR count).